The molecule has 1 fully saturated rings. The number of furan rings is 1. The van der Waals surface area contributed by atoms with Gasteiger partial charge in [-0.3, -0.25) is 9.69 Å². The predicted octanol–water partition coefficient (Wildman–Crippen LogP) is 4.04. The van der Waals surface area contributed by atoms with Crippen molar-refractivity contribution < 1.29 is 17.6 Å². The molecule has 9 heteroatoms. The molecule has 1 saturated heterocycles. The van der Waals surface area contributed by atoms with E-state index in [0.717, 1.165) is 12.0 Å². The number of thiocarbonyl (C=S) groups is 1. The summed E-state index contributed by atoms with van der Waals surface area (Å²) in [5, 5.41) is 5.12. The molecule has 2 aromatic carbocycles. The zero-order chi connectivity index (χ0) is 22.0. The average molecular weight is 471 g/mol. The van der Waals surface area contributed by atoms with Crippen LogP contribution in [-0.4, -0.2) is 30.1 Å². The minimum Gasteiger partial charge on any atom is -0.457 e. The van der Waals surface area contributed by atoms with Gasteiger partial charge in [-0.05, 0) is 48.4 Å². The van der Waals surface area contributed by atoms with Gasteiger partial charge in [0.25, 0.3) is 5.91 Å². The molecule has 0 atom stereocenters. The number of rotatable bonds is 6. The SMILES string of the molecule is NS(=O)(=O)c1ccc(-c2ccc(/C=C3\SC(=S)N(CCc4ccccc4)C3=O)o2)cc1. The number of hydrogen-bond acceptors (Lipinski definition) is 6. The standard InChI is InChI=1S/C22H18N2O4S3/c23-31(26,27)18-9-6-16(7-10-18)19-11-8-17(28-19)14-20-21(25)24(22(29)30-20)13-12-15-4-2-1-3-5-15/h1-11,14H,12-13H2,(H2,23,26,27)/b20-14-. The first-order valence-electron chi connectivity index (χ1n) is 9.33. The molecular formula is C22H18N2O4S3. The van der Waals surface area contributed by atoms with Crippen LogP contribution in [0.5, 0.6) is 0 Å². The van der Waals surface area contributed by atoms with E-state index in [1.807, 2.05) is 30.3 Å². The van der Waals surface area contributed by atoms with Crippen LogP contribution in [0.1, 0.15) is 11.3 Å². The predicted molar refractivity (Wildman–Crippen MR) is 126 cm³/mol. The molecule has 2 N–H and O–H groups in total. The van der Waals surface area contributed by atoms with E-state index in [-0.39, 0.29) is 10.8 Å². The number of nitrogens with zero attached hydrogens (tertiary/aromatic N) is 1. The molecule has 1 aliphatic heterocycles. The smallest absolute Gasteiger partial charge is 0.266 e. The molecule has 0 radical (unpaired) electrons. The Morgan fingerprint density at radius 2 is 1.74 bits per heavy atom. The van der Waals surface area contributed by atoms with Crippen molar-refractivity contribution in [3.63, 3.8) is 0 Å². The summed E-state index contributed by atoms with van der Waals surface area (Å²) in [5.41, 5.74) is 1.84. The Labute approximate surface area is 189 Å². The highest BCUT2D eigenvalue weighted by molar-refractivity contribution is 8.26. The average Bonchev–Trinajstić information content (AvgIpc) is 3.32. The number of primary sulfonamides is 1. The number of carbonyl (C=O) groups is 1. The monoisotopic (exact) mass is 470 g/mol. The summed E-state index contributed by atoms with van der Waals surface area (Å²) in [6, 6.07) is 19.5. The number of carbonyl (C=O) groups excluding carboxylic acids is 1. The minimum atomic E-state index is -3.75. The molecule has 0 bridgehead atoms. The van der Waals surface area contributed by atoms with Crippen LogP contribution in [0.25, 0.3) is 17.4 Å². The second-order valence-electron chi connectivity index (χ2n) is 6.84. The van der Waals surface area contributed by atoms with Crippen LogP contribution < -0.4 is 5.14 Å². The van der Waals surface area contributed by atoms with Crippen molar-refractivity contribution in [1.82, 2.24) is 4.90 Å². The molecule has 3 aromatic rings. The van der Waals surface area contributed by atoms with Gasteiger partial charge in [0.05, 0.1) is 9.80 Å². The van der Waals surface area contributed by atoms with Gasteiger partial charge in [0.15, 0.2) is 0 Å². The first-order chi connectivity index (χ1) is 14.8. The third-order valence-corrected chi connectivity index (χ3v) is 7.02. The zero-order valence-electron chi connectivity index (χ0n) is 16.2. The lowest BCUT2D eigenvalue weighted by atomic mass is 10.1. The van der Waals surface area contributed by atoms with Gasteiger partial charge in [0, 0.05) is 18.2 Å². The van der Waals surface area contributed by atoms with Gasteiger partial charge < -0.3 is 4.42 Å². The van der Waals surface area contributed by atoms with Gasteiger partial charge in [0.1, 0.15) is 15.8 Å². The Balaban J connectivity index is 1.47. The van der Waals surface area contributed by atoms with E-state index in [9.17, 15) is 13.2 Å². The molecule has 1 amide bonds. The molecular weight excluding hydrogens is 452 g/mol. The maximum absolute atomic E-state index is 12.8. The van der Waals surface area contributed by atoms with Crippen LogP contribution in [0, 0.1) is 0 Å². The molecule has 0 saturated carbocycles. The fraction of sp³-hybridized carbons (Fsp3) is 0.0909. The Kier molecular flexibility index (Phi) is 6.10. The number of nitrogens with two attached hydrogens (primary N) is 1. The molecule has 31 heavy (non-hydrogen) atoms. The highest BCUT2D eigenvalue weighted by atomic mass is 32.2. The molecule has 0 aliphatic carbocycles. The van der Waals surface area contributed by atoms with Gasteiger partial charge in [-0.15, -0.1) is 0 Å². The lowest BCUT2D eigenvalue weighted by Crippen LogP contribution is -2.30. The van der Waals surface area contributed by atoms with Crippen molar-refractivity contribution in [3.05, 3.63) is 83.0 Å². The van der Waals surface area contributed by atoms with Gasteiger partial charge in [0.2, 0.25) is 10.0 Å². The van der Waals surface area contributed by atoms with Crippen LogP contribution in [-0.2, 0) is 21.2 Å². The number of thioether (sulfide) groups is 1. The van der Waals surface area contributed by atoms with E-state index in [2.05, 4.69) is 0 Å². The topological polar surface area (TPSA) is 93.6 Å². The molecule has 4 rings (SSSR count). The lowest BCUT2D eigenvalue weighted by molar-refractivity contribution is -0.122. The molecule has 0 unspecified atom stereocenters. The van der Waals surface area contributed by atoms with Gasteiger partial charge in [-0.1, -0.05) is 54.3 Å². The van der Waals surface area contributed by atoms with E-state index in [1.165, 1.54) is 23.9 Å². The van der Waals surface area contributed by atoms with Gasteiger partial charge >= 0.3 is 0 Å². The number of amides is 1. The van der Waals surface area contributed by atoms with Crippen LogP contribution in [0.4, 0.5) is 0 Å². The van der Waals surface area contributed by atoms with E-state index in [4.69, 9.17) is 21.8 Å². The van der Waals surface area contributed by atoms with Crippen molar-refractivity contribution in [2.24, 2.45) is 5.14 Å². The van der Waals surface area contributed by atoms with Crippen LogP contribution in [0.15, 0.2) is 80.9 Å². The molecule has 2 heterocycles. The fourth-order valence-electron chi connectivity index (χ4n) is 3.10. The highest BCUT2D eigenvalue weighted by Crippen LogP contribution is 2.33. The second-order valence-corrected chi connectivity index (χ2v) is 10.1. The maximum atomic E-state index is 12.8. The lowest BCUT2D eigenvalue weighted by Gasteiger charge is -2.14. The zero-order valence-corrected chi connectivity index (χ0v) is 18.7. The van der Waals surface area contributed by atoms with E-state index in [0.29, 0.717) is 32.9 Å². The number of hydrogen-bond donors (Lipinski definition) is 1. The summed E-state index contributed by atoms with van der Waals surface area (Å²) in [6.07, 6.45) is 2.39. The van der Waals surface area contributed by atoms with Crippen LogP contribution in [0.3, 0.4) is 0 Å². The summed E-state index contributed by atoms with van der Waals surface area (Å²) in [5.74, 6) is 0.919. The van der Waals surface area contributed by atoms with E-state index in [1.54, 1.807) is 35.2 Å². The first kappa shape index (κ1) is 21.5. The number of benzene rings is 2. The molecule has 0 spiro atoms. The largest absolute Gasteiger partial charge is 0.457 e. The normalized spacial score (nSPS) is 15.8. The Morgan fingerprint density at radius 3 is 2.42 bits per heavy atom. The summed E-state index contributed by atoms with van der Waals surface area (Å²) in [7, 11) is -3.75. The summed E-state index contributed by atoms with van der Waals surface area (Å²) < 4.78 is 29.1. The van der Waals surface area contributed by atoms with E-state index < -0.39 is 10.0 Å². The van der Waals surface area contributed by atoms with Crippen molar-refractivity contribution in [2.45, 2.75) is 11.3 Å². The Morgan fingerprint density at radius 1 is 1.03 bits per heavy atom. The van der Waals surface area contributed by atoms with Crippen molar-refractivity contribution >= 4 is 50.3 Å². The van der Waals surface area contributed by atoms with Crippen molar-refractivity contribution in [3.8, 4) is 11.3 Å². The quantitative estimate of drug-likeness (QED) is 0.432. The van der Waals surface area contributed by atoms with Gasteiger partial charge in [-0.2, -0.15) is 0 Å². The fourth-order valence-corrected chi connectivity index (χ4v) is 4.91. The van der Waals surface area contributed by atoms with Gasteiger partial charge in [-0.25, -0.2) is 13.6 Å². The van der Waals surface area contributed by atoms with Crippen LogP contribution in [0.2, 0.25) is 0 Å². The maximum Gasteiger partial charge on any atom is 0.266 e. The van der Waals surface area contributed by atoms with Crippen molar-refractivity contribution in [1.29, 1.82) is 0 Å². The summed E-state index contributed by atoms with van der Waals surface area (Å²) in [4.78, 5) is 14.9. The van der Waals surface area contributed by atoms with E-state index >= 15 is 0 Å². The Bertz CT molecular complexity index is 1260. The molecule has 1 aliphatic rings. The number of sulfonamides is 1. The third-order valence-electron chi connectivity index (χ3n) is 4.71. The molecule has 158 valence electrons. The Hall–Kier alpha value is -2.72. The highest BCUT2D eigenvalue weighted by Gasteiger charge is 2.31. The van der Waals surface area contributed by atoms with Crippen molar-refractivity contribution in [2.75, 3.05) is 6.54 Å². The minimum absolute atomic E-state index is 0.0298. The summed E-state index contributed by atoms with van der Waals surface area (Å²) in [6.45, 7) is 0.520. The molecule has 1 aromatic heterocycles. The summed E-state index contributed by atoms with van der Waals surface area (Å²) >= 11 is 6.64. The first-order valence-corrected chi connectivity index (χ1v) is 12.1. The molecule has 6 nitrogen and oxygen atoms in total. The second kappa shape index (κ2) is 8.80. The third kappa shape index (κ3) is 4.96. The van der Waals surface area contributed by atoms with Crippen LogP contribution >= 0.6 is 24.0 Å².